The van der Waals surface area contributed by atoms with Gasteiger partial charge < -0.3 is 15.3 Å². The third-order valence-electron chi connectivity index (χ3n) is 3.03. The fraction of sp³-hybridized carbons (Fsp3) is 0.818. The number of hydrogen-bond donors (Lipinski definition) is 2. The maximum atomic E-state index is 12.0. The van der Waals surface area contributed by atoms with Gasteiger partial charge in [0.1, 0.15) is 0 Å². The summed E-state index contributed by atoms with van der Waals surface area (Å²) in [4.78, 5) is 24.2. The summed E-state index contributed by atoms with van der Waals surface area (Å²) >= 11 is 0. The standard InChI is InChI=1S/C11H21N3O5S/c1-11(2,8-9(15)16)12-10(17)13-4-6-14(7-5-13)20(3,18)19/h4-8H2,1-3H3,(H,12,17)(H,15,16). The Morgan fingerprint density at radius 1 is 1.20 bits per heavy atom. The van der Waals surface area contributed by atoms with E-state index in [2.05, 4.69) is 5.32 Å². The molecule has 116 valence electrons. The highest BCUT2D eigenvalue weighted by Crippen LogP contribution is 2.11. The van der Waals surface area contributed by atoms with Gasteiger partial charge in [-0.3, -0.25) is 4.79 Å². The van der Waals surface area contributed by atoms with Crippen LogP contribution in [0.4, 0.5) is 4.79 Å². The van der Waals surface area contributed by atoms with Crippen LogP contribution in [0.15, 0.2) is 0 Å². The zero-order chi connectivity index (χ0) is 15.6. The molecule has 8 nitrogen and oxygen atoms in total. The fourth-order valence-electron chi connectivity index (χ4n) is 2.01. The number of aliphatic carboxylic acids is 1. The maximum absolute atomic E-state index is 12.0. The summed E-state index contributed by atoms with van der Waals surface area (Å²) in [5.74, 6) is -0.989. The number of piperazine rings is 1. The van der Waals surface area contributed by atoms with Gasteiger partial charge in [-0.05, 0) is 13.8 Å². The second-order valence-electron chi connectivity index (χ2n) is 5.53. The second-order valence-corrected chi connectivity index (χ2v) is 7.52. The topological polar surface area (TPSA) is 107 Å². The molecule has 0 bridgehead atoms. The first-order valence-electron chi connectivity index (χ1n) is 6.25. The van der Waals surface area contributed by atoms with Crippen molar-refractivity contribution in [1.82, 2.24) is 14.5 Å². The van der Waals surface area contributed by atoms with Crippen molar-refractivity contribution < 1.29 is 23.1 Å². The van der Waals surface area contributed by atoms with E-state index in [1.807, 2.05) is 0 Å². The first-order chi connectivity index (χ1) is 9.01. The highest BCUT2D eigenvalue weighted by molar-refractivity contribution is 7.88. The number of nitrogens with one attached hydrogen (secondary N) is 1. The number of carboxylic acids is 1. The number of amides is 2. The predicted octanol–water partition coefficient (Wildman–Crippen LogP) is -0.473. The van der Waals surface area contributed by atoms with Crippen LogP contribution in [0.3, 0.4) is 0 Å². The number of sulfonamides is 1. The zero-order valence-corrected chi connectivity index (χ0v) is 12.7. The minimum atomic E-state index is -3.23. The average Bonchev–Trinajstić information content (AvgIpc) is 2.25. The van der Waals surface area contributed by atoms with Crippen LogP contribution in [0, 0.1) is 0 Å². The van der Waals surface area contributed by atoms with Crippen LogP contribution in [0.1, 0.15) is 20.3 Å². The molecule has 0 unspecified atom stereocenters. The van der Waals surface area contributed by atoms with Crippen LogP contribution in [-0.2, 0) is 14.8 Å². The third-order valence-corrected chi connectivity index (χ3v) is 4.34. The third kappa shape index (κ3) is 4.97. The molecular formula is C11H21N3O5S. The minimum Gasteiger partial charge on any atom is -0.481 e. The van der Waals surface area contributed by atoms with Crippen LogP contribution in [0.2, 0.25) is 0 Å². The first kappa shape index (κ1) is 16.7. The van der Waals surface area contributed by atoms with Gasteiger partial charge in [0.2, 0.25) is 10.0 Å². The Labute approximate surface area is 118 Å². The van der Waals surface area contributed by atoms with Crippen molar-refractivity contribution in [3.05, 3.63) is 0 Å². The molecule has 1 heterocycles. The number of rotatable bonds is 4. The van der Waals surface area contributed by atoms with Crippen LogP contribution in [-0.4, -0.2) is 72.7 Å². The number of carbonyl (C=O) groups excluding carboxylic acids is 1. The van der Waals surface area contributed by atoms with Crippen molar-refractivity contribution in [2.75, 3.05) is 32.4 Å². The van der Waals surface area contributed by atoms with E-state index in [0.29, 0.717) is 13.1 Å². The van der Waals surface area contributed by atoms with Gasteiger partial charge in [0.15, 0.2) is 0 Å². The molecule has 9 heteroatoms. The van der Waals surface area contributed by atoms with E-state index in [4.69, 9.17) is 5.11 Å². The lowest BCUT2D eigenvalue weighted by atomic mass is 10.0. The molecular weight excluding hydrogens is 286 g/mol. The molecule has 0 aromatic carbocycles. The average molecular weight is 307 g/mol. The Morgan fingerprint density at radius 2 is 1.70 bits per heavy atom. The van der Waals surface area contributed by atoms with Crippen molar-refractivity contribution in [3.63, 3.8) is 0 Å². The van der Waals surface area contributed by atoms with Gasteiger partial charge in [0, 0.05) is 31.7 Å². The molecule has 1 aliphatic rings. The van der Waals surface area contributed by atoms with E-state index in [1.54, 1.807) is 13.8 Å². The van der Waals surface area contributed by atoms with Crippen molar-refractivity contribution >= 4 is 22.0 Å². The lowest BCUT2D eigenvalue weighted by molar-refractivity contribution is -0.138. The molecule has 0 aromatic heterocycles. The van der Waals surface area contributed by atoms with Crippen molar-refractivity contribution in [1.29, 1.82) is 0 Å². The molecule has 0 radical (unpaired) electrons. The Bertz CT molecular complexity index is 480. The summed E-state index contributed by atoms with van der Waals surface area (Å²) in [6, 6.07) is -0.371. The molecule has 2 N–H and O–H groups in total. The number of carbonyl (C=O) groups is 2. The largest absolute Gasteiger partial charge is 0.481 e. The van der Waals surface area contributed by atoms with E-state index in [0.717, 1.165) is 6.26 Å². The van der Waals surface area contributed by atoms with Gasteiger partial charge in [0.05, 0.1) is 12.7 Å². The number of carboxylic acid groups (broad SMARTS) is 1. The number of nitrogens with zero attached hydrogens (tertiary/aromatic N) is 2. The van der Waals surface area contributed by atoms with E-state index in [1.165, 1.54) is 9.21 Å². The molecule has 0 aromatic rings. The normalized spacial score (nSPS) is 17.9. The molecule has 0 aliphatic carbocycles. The lowest BCUT2D eigenvalue weighted by Gasteiger charge is -2.35. The van der Waals surface area contributed by atoms with E-state index in [-0.39, 0.29) is 25.5 Å². The SMILES string of the molecule is CC(C)(CC(=O)O)NC(=O)N1CCN(S(C)(=O)=O)CC1. The Kier molecular flexibility index (Phi) is 4.98. The molecule has 1 fully saturated rings. The summed E-state index contributed by atoms with van der Waals surface area (Å²) in [5.41, 5.74) is -0.850. The molecule has 1 aliphatic heterocycles. The maximum Gasteiger partial charge on any atom is 0.317 e. The van der Waals surface area contributed by atoms with Crippen LogP contribution < -0.4 is 5.32 Å². The molecule has 1 saturated heterocycles. The molecule has 1 rings (SSSR count). The smallest absolute Gasteiger partial charge is 0.317 e. The molecule has 0 spiro atoms. The monoisotopic (exact) mass is 307 g/mol. The second kappa shape index (κ2) is 5.96. The van der Waals surface area contributed by atoms with E-state index in [9.17, 15) is 18.0 Å². The zero-order valence-electron chi connectivity index (χ0n) is 11.9. The van der Waals surface area contributed by atoms with Crippen molar-refractivity contribution in [2.45, 2.75) is 25.8 Å². The van der Waals surface area contributed by atoms with Gasteiger partial charge >= 0.3 is 12.0 Å². The molecule has 20 heavy (non-hydrogen) atoms. The van der Waals surface area contributed by atoms with Gasteiger partial charge in [-0.1, -0.05) is 0 Å². The Morgan fingerprint density at radius 3 is 2.10 bits per heavy atom. The summed E-state index contributed by atoms with van der Waals surface area (Å²) in [7, 11) is -3.23. The van der Waals surface area contributed by atoms with Gasteiger partial charge in [-0.2, -0.15) is 4.31 Å². The van der Waals surface area contributed by atoms with Crippen LogP contribution in [0.5, 0.6) is 0 Å². The molecule has 0 saturated carbocycles. The predicted molar refractivity (Wildman–Crippen MR) is 72.9 cm³/mol. The quantitative estimate of drug-likeness (QED) is 0.730. The molecule has 2 amide bonds. The molecule has 0 atom stereocenters. The summed E-state index contributed by atoms with van der Waals surface area (Å²) in [6.45, 7) is 4.36. The highest BCUT2D eigenvalue weighted by atomic mass is 32.2. The Balaban J connectivity index is 2.53. The Hall–Kier alpha value is -1.35. The van der Waals surface area contributed by atoms with Crippen molar-refractivity contribution in [2.24, 2.45) is 0 Å². The number of urea groups is 1. The van der Waals surface area contributed by atoms with Gasteiger partial charge in [-0.25, -0.2) is 13.2 Å². The highest BCUT2D eigenvalue weighted by Gasteiger charge is 2.30. The summed E-state index contributed by atoms with van der Waals surface area (Å²) in [5, 5.41) is 11.4. The van der Waals surface area contributed by atoms with E-state index >= 15 is 0 Å². The van der Waals surface area contributed by atoms with Gasteiger partial charge in [-0.15, -0.1) is 0 Å². The summed E-state index contributed by atoms with van der Waals surface area (Å²) < 4.78 is 24.0. The lowest BCUT2D eigenvalue weighted by Crippen LogP contribution is -2.56. The summed E-state index contributed by atoms with van der Waals surface area (Å²) in [6.07, 6.45) is 0.959. The van der Waals surface area contributed by atoms with Crippen LogP contribution >= 0.6 is 0 Å². The first-order valence-corrected chi connectivity index (χ1v) is 8.10. The van der Waals surface area contributed by atoms with E-state index < -0.39 is 21.5 Å². The van der Waals surface area contributed by atoms with Gasteiger partial charge in [0.25, 0.3) is 0 Å². The minimum absolute atomic E-state index is 0.179. The number of hydrogen-bond acceptors (Lipinski definition) is 4. The fourth-order valence-corrected chi connectivity index (χ4v) is 2.84. The van der Waals surface area contributed by atoms with Crippen LogP contribution in [0.25, 0.3) is 0 Å². The van der Waals surface area contributed by atoms with Crippen molar-refractivity contribution in [3.8, 4) is 0 Å².